The van der Waals surface area contributed by atoms with Gasteiger partial charge in [-0.2, -0.15) is 10.2 Å². The lowest BCUT2D eigenvalue weighted by Crippen LogP contribution is -2.41. The lowest BCUT2D eigenvalue weighted by atomic mass is 9.97. The summed E-state index contributed by atoms with van der Waals surface area (Å²) in [6.45, 7) is 7.17. The zero-order chi connectivity index (χ0) is 38.6. The molecule has 11 nitrogen and oxygen atoms in total. The maximum absolute atomic E-state index is 13.4. The van der Waals surface area contributed by atoms with Gasteiger partial charge < -0.3 is 24.0 Å². The topological polar surface area (TPSA) is 117 Å². The molecule has 0 unspecified atom stereocenters. The van der Waals surface area contributed by atoms with Crippen LogP contribution in [0.2, 0.25) is 5.02 Å². The molecule has 0 atom stereocenters. The smallest absolute Gasteiger partial charge is 0.410 e. The number of aromatic nitrogens is 5. The minimum absolute atomic E-state index is 0.211. The predicted molar refractivity (Wildman–Crippen MR) is 218 cm³/mol. The Morgan fingerprint density at radius 2 is 1.78 bits per heavy atom. The third-order valence-corrected chi connectivity index (χ3v) is 12.4. The van der Waals surface area contributed by atoms with Gasteiger partial charge in [0.1, 0.15) is 17.0 Å². The number of carbonyl (C=O) groups excluding carboxylic acids is 1. The van der Waals surface area contributed by atoms with E-state index in [-0.39, 0.29) is 12.2 Å². The Morgan fingerprint density at radius 3 is 2.58 bits per heavy atom. The summed E-state index contributed by atoms with van der Waals surface area (Å²) in [6.07, 6.45) is 0.683. The van der Waals surface area contributed by atoms with Gasteiger partial charge in [0, 0.05) is 70.4 Å². The Kier molecular flexibility index (Phi) is 10.1. The van der Waals surface area contributed by atoms with Crippen molar-refractivity contribution in [2.75, 3.05) is 13.2 Å². The number of thioether (sulfide) groups is 2. The number of nitrogens with zero attached hydrogens (tertiary/aromatic N) is 6. The van der Waals surface area contributed by atoms with Crippen LogP contribution in [-0.4, -0.2) is 64.9 Å². The Balaban J connectivity index is 1.25. The first-order chi connectivity index (χ1) is 26.4. The molecule has 0 aliphatic carbocycles. The molecule has 0 spiro atoms. The summed E-state index contributed by atoms with van der Waals surface area (Å²) in [4.78, 5) is 29.2. The van der Waals surface area contributed by atoms with E-state index in [0.29, 0.717) is 60.1 Å². The molecule has 8 bridgehead atoms. The fourth-order valence-electron chi connectivity index (χ4n) is 7.68. The number of rotatable bonds is 1. The number of carboxylic acids is 1. The third-order valence-electron chi connectivity index (χ3n) is 10.1. The van der Waals surface area contributed by atoms with Crippen molar-refractivity contribution in [2.45, 2.75) is 74.5 Å². The molecular formula is C41H43ClN6O5S2. The number of aryl methyl sites for hydroxylation is 3. The van der Waals surface area contributed by atoms with Gasteiger partial charge in [-0.15, -0.1) is 23.5 Å². The van der Waals surface area contributed by atoms with E-state index in [1.807, 2.05) is 61.4 Å². The highest BCUT2D eigenvalue weighted by Gasteiger charge is 2.33. The largest absolute Gasteiger partial charge is 0.493 e. The number of ether oxygens (including phenoxy) is 2. The van der Waals surface area contributed by atoms with Crippen molar-refractivity contribution in [3.05, 3.63) is 93.7 Å². The van der Waals surface area contributed by atoms with E-state index in [9.17, 15) is 14.7 Å². The number of aromatic carboxylic acids is 1. The Hall–Kier alpha value is -4.59. The molecule has 8 rings (SSSR count). The zero-order valence-corrected chi connectivity index (χ0v) is 33.9. The van der Waals surface area contributed by atoms with Gasteiger partial charge in [0.15, 0.2) is 0 Å². The fraction of sp³-hybridized carbons (Fsp3) is 0.366. The number of fused-ring (bicyclic) bond motifs is 10. The van der Waals surface area contributed by atoms with Crippen molar-refractivity contribution < 1.29 is 24.2 Å². The average Bonchev–Trinajstić information content (AvgIpc) is 3.77. The van der Waals surface area contributed by atoms with Crippen LogP contribution >= 0.6 is 35.1 Å². The fourth-order valence-corrected chi connectivity index (χ4v) is 9.76. The summed E-state index contributed by atoms with van der Waals surface area (Å²) >= 11 is 10.6. The van der Waals surface area contributed by atoms with Crippen molar-refractivity contribution in [3.63, 3.8) is 0 Å². The van der Waals surface area contributed by atoms with E-state index in [1.54, 1.807) is 40.0 Å². The number of hydrogen-bond acceptors (Lipinski definition) is 8. The SMILES string of the molecule is Cn1nc2cc1CSc1cc(c3ccccc3c1)OCCCc1c(C(=O)O)n(C)c3c(c(Cl)ccc13)-c1c(nn3c1CN(C(=O)OC(C)(C)C)CC3)CSC2. The van der Waals surface area contributed by atoms with Crippen molar-refractivity contribution >= 4 is 68.9 Å². The number of benzene rings is 3. The van der Waals surface area contributed by atoms with Gasteiger partial charge in [0.2, 0.25) is 0 Å². The molecule has 2 aliphatic heterocycles. The lowest BCUT2D eigenvalue weighted by Gasteiger charge is -2.31. The molecule has 55 heavy (non-hydrogen) atoms. The molecule has 1 amide bonds. The number of amides is 1. The predicted octanol–water partition coefficient (Wildman–Crippen LogP) is 9.08. The summed E-state index contributed by atoms with van der Waals surface area (Å²) in [7, 11) is 3.77. The van der Waals surface area contributed by atoms with Crippen molar-refractivity contribution in [3.8, 4) is 16.9 Å². The Labute approximate surface area is 332 Å². The van der Waals surface area contributed by atoms with E-state index in [0.717, 1.165) is 66.5 Å². The van der Waals surface area contributed by atoms with Crippen LogP contribution in [0.3, 0.4) is 0 Å². The highest BCUT2D eigenvalue weighted by Crippen LogP contribution is 2.44. The van der Waals surface area contributed by atoms with Gasteiger partial charge in [-0.3, -0.25) is 9.36 Å². The molecule has 14 heteroatoms. The number of carbonyl (C=O) groups is 2. The van der Waals surface area contributed by atoms with Crippen molar-refractivity contribution in [2.24, 2.45) is 14.1 Å². The van der Waals surface area contributed by atoms with E-state index in [1.165, 1.54) is 0 Å². The number of halogens is 1. The molecule has 0 fully saturated rings. The molecule has 1 N–H and O–H groups in total. The second-order valence-corrected chi connectivity index (χ2v) is 17.5. The van der Waals surface area contributed by atoms with Crippen molar-refractivity contribution in [1.82, 2.24) is 29.0 Å². The normalized spacial score (nSPS) is 15.3. The molecule has 5 heterocycles. The minimum atomic E-state index is -1.01. The van der Waals surface area contributed by atoms with Gasteiger partial charge in [0.25, 0.3) is 0 Å². The maximum Gasteiger partial charge on any atom is 0.410 e. The molecule has 3 aromatic heterocycles. The van der Waals surface area contributed by atoms with Gasteiger partial charge >= 0.3 is 12.1 Å². The van der Waals surface area contributed by atoms with E-state index >= 15 is 0 Å². The standard InChI is InChI=1S/C41H43ClN6O5S2/c1-41(2,3)53-40(51)47-14-15-48-33(20-47)36-32(44-48)23-54-21-25-18-26(46(5)43-25)22-55-27-17-24-9-6-7-10-28(24)34(19-27)52-16-8-11-29-30-12-13-31(42)35(36)37(30)45(4)38(29)39(49)50/h6-7,9-10,12-13,17-19H,8,11,14-16,20-23H2,1-5H3,(H,49,50). The average molecular weight is 799 g/mol. The van der Waals surface area contributed by atoms with Gasteiger partial charge in [0.05, 0.1) is 47.3 Å². The second kappa shape index (κ2) is 14.8. The molecule has 0 saturated heterocycles. The summed E-state index contributed by atoms with van der Waals surface area (Å²) in [5.41, 5.74) is 6.27. The summed E-state index contributed by atoms with van der Waals surface area (Å²) < 4.78 is 17.9. The molecule has 0 radical (unpaired) electrons. The van der Waals surface area contributed by atoms with Crippen LogP contribution in [0.4, 0.5) is 4.79 Å². The van der Waals surface area contributed by atoms with Crippen LogP contribution < -0.4 is 4.74 Å². The molecular weight excluding hydrogens is 756 g/mol. The lowest BCUT2D eigenvalue weighted by molar-refractivity contribution is 0.0194. The van der Waals surface area contributed by atoms with Crippen LogP contribution in [0.25, 0.3) is 32.8 Å². The molecule has 286 valence electrons. The first kappa shape index (κ1) is 37.3. The van der Waals surface area contributed by atoms with Gasteiger partial charge in [-0.25, -0.2) is 9.59 Å². The number of hydrogen-bond donors (Lipinski definition) is 1. The Morgan fingerprint density at radius 1 is 0.964 bits per heavy atom. The minimum Gasteiger partial charge on any atom is -0.493 e. The van der Waals surface area contributed by atoms with Gasteiger partial charge in [-0.1, -0.05) is 41.9 Å². The van der Waals surface area contributed by atoms with Crippen LogP contribution in [0.15, 0.2) is 59.5 Å². The first-order valence-electron chi connectivity index (χ1n) is 18.3. The summed E-state index contributed by atoms with van der Waals surface area (Å²) in [5, 5.41) is 24.0. The quantitative estimate of drug-likeness (QED) is 0.174. The zero-order valence-electron chi connectivity index (χ0n) is 31.5. The molecule has 0 saturated carbocycles. The van der Waals surface area contributed by atoms with E-state index in [4.69, 9.17) is 31.3 Å². The third kappa shape index (κ3) is 7.29. The van der Waals surface area contributed by atoms with Gasteiger partial charge in [-0.05, 0) is 68.8 Å². The Bertz CT molecular complexity index is 2480. The van der Waals surface area contributed by atoms with Crippen LogP contribution in [0.1, 0.15) is 66.0 Å². The maximum atomic E-state index is 13.4. The summed E-state index contributed by atoms with van der Waals surface area (Å²) in [5.74, 6) is 1.75. The van der Waals surface area contributed by atoms with E-state index < -0.39 is 17.7 Å². The van der Waals surface area contributed by atoms with E-state index in [2.05, 4.69) is 30.3 Å². The van der Waals surface area contributed by atoms with Crippen LogP contribution in [0.5, 0.6) is 5.75 Å². The first-order valence-corrected chi connectivity index (χ1v) is 20.9. The molecule has 2 aliphatic rings. The molecule has 6 aromatic rings. The monoisotopic (exact) mass is 798 g/mol. The highest BCUT2D eigenvalue weighted by molar-refractivity contribution is 7.98. The number of carboxylic acid groups (broad SMARTS) is 1. The van der Waals surface area contributed by atoms with Crippen LogP contribution in [0, 0.1) is 0 Å². The highest BCUT2D eigenvalue weighted by atomic mass is 35.5. The second-order valence-electron chi connectivity index (χ2n) is 15.0. The summed E-state index contributed by atoms with van der Waals surface area (Å²) in [6, 6.07) is 18.4. The van der Waals surface area contributed by atoms with Crippen LogP contribution in [-0.2, 0) is 55.6 Å². The molecule has 3 aromatic carbocycles. The van der Waals surface area contributed by atoms with Crippen molar-refractivity contribution in [1.29, 1.82) is 0 Å².